The summed E-state index contributed by atoms with van der Waals surface area (Å²) in [5, 5.41) is 5.59. The molecule has 0 radical (unpaired) electrons. The molecule has 1 unspecified atom stereocenters. The van der Waals surface area contributed by atoms with Gasteiger partial charge in [-0.2, -0.15) is 0 Å². The van der Waals surface area contributed by atoms with Crippen LogP contribution < -0.4 is 5.32 Å². The maximum atomic E-state index is 12.3. The molecule has 0 saturated carbocycles. The number of nitrogens with one attached hydrogen (secondary N) is 1. The third kappa shape index (κ3) is 2.83. The van der Waals surface area contributed by atoms with E-state index in [1.807, 2.05) is 36.4 Å². The molecule has 1 heterocycles. The van der Waals surface area contributed by atoms with Crippen molar-refractivity contribution in [3.63, 3.8) is 0 Å². The number of ketones is 1. The minimum Gasteiger partial charge on any atom is -0.378 e. The van der Waals surface area contributed by atoms with Crippen LogP contribution in [0.5, 0.6) is 0 Å². The topological polar surface area (TPSA) is 38.3 Å². The average Bonchev–Trinajstić information content (AvgIpc) is 2.48. The first kappa shape index (κ1) is 12.3. The molecule has 19 heavy (non-hydrogen) atoms. The van der Waals surface area contributed by atoms with Gasteiger partial charge in [0.25, 0.3) is 0 Å². The Morgan fingerprint density at radius 2 is 2.05 bits per heavy atom. The molecule has 1 fully saturated rings. The summed E-state index contributed by atoms with van der Waals surface area (Å²) in [5.74, 6) is 0.175. The summed E-state index contributed by atoms with van der Waals surface area (Å²) in [6.45, 7) is 2.19. The lowest BCUT2D eigenvalue weighted by Gasteiger charge is -2.23. The Kier molecular flexibility index (Phi) is 3.58. The van der Waals surface area contributed by atoms with Gasteiger partial charge in [-0.05, 0) is 16.8 Å². The maximum Gasteiger partial charge on any atom is 0.164 e. The van der Waals surface area contributed by atoms with E-state index in [9.17, 15) is 4.79 Å². The number of hydrogen-bond acceptors (Lipinski definition) is 3. The van der Waals surface area contributed by atoms with Crippen LogP contribution in [0.4, 0.5) is 0 Å². The quantitative estimate of drug-likeness (QED) is 0.856. The lowest BCUT2D eigenvalue weighted by molar-refractivity contribution is 0.0676. The first-order chi connectivity index (χ1) is 9.33. The Bertz CT molecular complexity index is 588. The Morgan fingerprint density at radius 1 is 1.21 bits per heavy atom. The van der Waals surface area contributed by atoms with Crippen molar-refractivity contribution in [2.24, 2.45) is 0 Å². The van der Waals surface area contributed by atoms with E-state index in [1.54, 1.807) is 0 Å². The summed E-state index contributed by atoms with van der Waals surface area (Å²) in [4.78, 5) is 12.3. The molecule has 3 rings (SSSR count). The van der Waals surface area contributed by atoms with Gasteiger partial charge in [0.2, 0.25) is 0 Å². The minimum absolute atomic E-state index is 0.146. The van der Waals surface area contributed by atoms with Crippen LogP contribution in [0.1, 0.15) is 16.8 Å². The van der Waals surface area contributed by atoms with Crippen LogP contribution in [0.15, 0.2) is 42.5 Å². The number of benzene rings is 2. The standard InChI is InChI=1S/C16H17NO2/c18-16(10-15-11-19-8-7-17-15)14-6-5-12-3-1-2-4-13(12)9-14/h1-6,9,15,17H,7-8,10-11H2. The van der Waals surface area contributed by atoms with Gasteiger partial charge in [0.15, 0.2) is 5.78 Å². The molecular weight excluding hydrogens is 238 g/mol. The molecule has 98 valence electrons. The molecule has 1 aliphatic heterocycles. The Morgan fingerprint density at radius 3 is 2.84 bits per heavy atom. The van der Waals surface area contributed by atoms with E-state index in [1.165, 1.54) is 0 Å². The van der Waals surface area contributed by atoms with Crippen molar-refractivity contribution >= 4 is 16.6 Å². The highest BCUT2D eigenvalue weighted by atomic mass is 16.5. The summed E-state index contributed by atoms with van der Waals surface area (Å²) >= 11 is 0. The highest BCUT2D eigenvalue weighted by Gasteiger charge is 2.17. The lowest BCUT2D eigenvalue weighted by Crippen LogP contribution is -2.42. The number of fused-ring (bicyclic) bond motifs is 1. The van der Waals surface area contributed by atoms with E-state index in [-0.39, 0.29) is 11.8 Å². The van der Waals surface area contributed by atoms with Crippen LogP contribution in [-0.2, 0) is 4.74 Å². The molecular formula is C16H17NO2. The Labute approximate surface area is 112 Å². The number of morpholine rings is 1. The second-order valence-electron chi connectivity index (χ2n) is 4.92. The van der Waals surface area contributed by atoms with E-state index in [2.05, 4.69) is 11.4 Å². The lowest BCUT2D eigenvalue weighted by atomic mass is 10.0. The molecule has 1 aliphatic rings. The van der Waals surface area contributed by atoms with Gasteiger partial charge < -0.3 is 10.1 Å². The Hall–Kier alpha value is -1.71. The molecule has 0 spiro atoms. The van der Waals surface area contributed by atoms with Gasteiger partial charge in [0, 0.05) is 24.6 Å². The predicted molar refractivity (Wildman–Crippen MR) is 75.5 cm³/mol. The van der Waals surface area contributed by atoms with Crippen molar-refractivity contribution in [2.45, 2.75) is 12.5 Å². The zero-order chi connectivity index (χ0) is 13.1. The van der Waals surface area contributed by atoms with Crippen LogP contribution in [0.2, 0.25) is 0 Å². The molecule has 1 N–H and O–H groups in total. The minimum atomic E-state index is 0.146. The number of carbonyl (C=O) groups is 1. The molecule has 0 aromatic heterocycles. The normalized spacial score (nSPS) is 19.5. The highest BCUT2D eigenvalue weighted by molar-refractivity contribution is 6.00. The number of Topliss-reactive ketones (excluding diaryl/α,β-unsaturated/α-hetero) is 1. The van der Waals surface area contributed by atoms with E-state index in [0.29, 0.717) is 13.0 Å². The maximum absolute atomic E-state index is 12.3. The van der Waals surface area contributed by atoms with E-state index >= 15 is 0 Å². The van der Waals surface area contributed by atoms with Gasteiger partial charge in [-0.1, -0.05) is 36.4 Å². The molecule has 0 bridgehead atoms. The van der Waals surface area contributed by atoms with Gasteiger partial charge >= 0.3 is 0 Å². The summed E-state index contributed by atoms with van der Waals surface area (Å²) in [6.07, 6.45) is 0.498. The summed E-state index contributed by atoms with van der Waals surface area (Å²) in [5.41, 5.74) is 0.783. The van der Waals surface area contributed by atoms with Crippen LogP contribution in [0.25, 0.3) is 10.8 Å². The number of rotatable bonds is 3. The van der Waals surface area contributed by atoms with E-state index in [0.717, 1.165) is 29.5 Å². The SMILES string of the molecule is O=C(CC1COCCN1)c1ccc2ccccc2c1. The van der Waals surface area contributed by atoms with Crippen molar-refractivity contribution in [1.82, 2.24) is 5.32 Å². The number of hydrogen-bond donors (Lipinski definition) is 1. The smallest absolute Gasteiger partial charge is 0.164 e. The molecule has 1 saturated heterocycles. The van der Waals surface area contributed by atoms with Gasteiger partial charge in [-0.15, -0.1) is 0 Å². The van der Waals surface area contributed by atoms with Crippen LogP contribution in [-0.4, -0.2) is 31.6 Å². The van der Waals surface area contributed by atoms with Crippen molar-refractivity contribution in [1.29, 1.82) is 0 Å². The van der Waals surface area contributed by atoms with Crippen LogP contribution in [0.3, 0.4) is 0 Å². The zero-order valence-corrected chi connectivity index (χ0v) is 10.8. The van der Waals surface area contributed by atoms with Crippen molar-refractivity contribution in [2.75, 3.05) is 19.8 Å². The average molecular weight is 255 g/mol. The second-order valence-corrected chi connectivity index (χ2v) is 4.92. The summed E-state index contributed by atoms with van der Waals surface area (Å²) < 4.78 is 5.37. The van der Waals surface area contributed by atoms with Crippen LogP contribution >= 0.6 is 0 Å². The van der Waals surface area contributed by atoms with Crippen LogP contribution in [0, 0.1) is 0 Å². The molecule has 3 heteroatoms. The summed E-state index contributed by atoms with van der Waals surface area (Å²) in [7, 11) is 0. The molecule has 2 aromatic carbocycles. The van der Waals surface area contributed by atoms with Crippen molar-refractivity contribution in [3.05, 3.63) is 48.0 Å². The largest absolute Gasteiger partial charge is 0.378 e. The first-order valence-corrected chi connectivity index (χ1v) is 6.66. The second kappa shape index (κ2) is 5.51. The summed E-state index contributed by atoms with van der Waals surface area (Å²) in [6, 6.07) is 14.1. The van der Waals surface area contributed by atoms with Crippen molar-refractivity contribution < 1.29 is 9.53 Å². The Balaban J connectivity index is 1.77. The molecule has 0 aliphatic carbocycles. The van der Waals surface area contributed by atoms with Gasteiger partial charge in [-0.3, -0.25) is 4.79 Å². The fourth-order valence-electron chi connectivity index (χ4n) is 2.46. The first-order valence-electron chi connectivity index (χ1n) is 6.66. The highest BCUT2D eigenvalue weighted by Crippen LogP contribution is 2.17. The monoisotopic (exact) mass is 255 g/mol. The van der Waals surface area contributed by atoms with Gasteiger partial charge in [0.1, 0.15) is 0 Å². The number of ether oxygens (including phenoxy) is 1. The van der Waals surface area contributed by atoms with Gasteiger partial charge in [-0.25, -0.2) is 0 Å². The van der Waals surface area contributed by atoms with Gasteiger partial charge in [0.05, 0.1) is 13.2 Å². The van der Waals surface area contributed by atoms with E-state index < -0.39 is 0 Å². The fraction of sp³-hybridized carbons (Fsp3) is 0.312. The fourth-order valence-corrected chi connectivity index (χ4v) is 2.46. The zero-order valence-electron chi connectivity index (χ0n) is 10.8. The molecule has 3 nitrogen and oxygen atoms in total. The van der Waals surface area contributed by atoms with E-state index in [4.69, 9.17) is 4.74 Å². The molecule has 2 aromatic rings. The van der Waals surface area contributed by atoms with Crippen molar-refractivity contribution in [3.8, 4) is 0 Å². The predicted octanol–water partition coefficient (Wildman–Crippen LogP) is 2.40. The third-order valence-corrected chi connectivity index (χ3v) is 3.50. The molecule has 1 atom stereocenters. The number of carbonyl (C=O) groups excluding carboxylic acids is 1. The molecule has 0 amide bonds. The third-order valence-electron chi connectivity index (χ3n) is 3.50.